The predicted octanol–water partition coefficient (Wildman–Crippen LogP) is 3.19. The Kier molecular flexibility index (Phi) is 3.78. The SMILES string of the molecule is Cc1ccc(CC2(O)CC3CCCC(C2)N3C)c(F)c1F. The van der Waals surface area contributed by atoms with E-state index in [0.29, 0.717) is 36.1 Å². The Labute approximate surface area is 124 Å². The van der Waals surface area contributed by atoms with Gasteiger partial charge in [-0.15, -0.1) is 0 Å². The van der Waals surface area contributed by atoms with Crippen molar-refractivity contribution in [3.8, 4) is 0 Å². The van der Waals surface area contributed by atoms with Gasteiger partial charge in [0.2, 0.25) is 0 Å². The average Bonchev–Trinajstić information content (AvgIpc) is 2.42. The van der Waals surface area contributed by atoms with Gasteiger partial charge in [0.05, 0.1) is 5.60 Å². The first-order chi connectivity index (χ1) is 9.89. The molecular weight excluding hydrogens is 272 g/mol. The van der Waals surface area contributed by atoms with E-state index in [1.807, 2.05) is 0 Å². The van der Waals surface area contributed by atoms with E-state index in [9.17, 15) is 13.9 Å². The molecule has 2 bridgehead atoms. The highest BCUT2D eigenvalue weighted by Gasteiger charge is 2.44. The van der Waals surface area contributed by atoms with Crippen LogP contribution in [0.4, 0.5) is 8.78 Å². The second-order valence-corrected chi connectivity index (χ2v) is 6.88. The smallest absolute Gasteiger partial charge is 0.162 e. The molecule has 3 rings (SSSR count). The molecule has 1 aromatic rings. The molecule has 2 heterocycles. The van der Waals surface area contributed by atoms with E-state index in [0.717, 1.165) is 12.8 Å². The number of hydrogen-bond acceptors (Lipinski definition) is 2. The van der Waals surface area contributed by atoms with E-state index < -0.39 is 17.2 Å². The Morgan fingerprint density at radius 2 is 1.81 bits per heavy atom. The van der Waals surface area contributed by atoms with Crippen molar-refractivity contribution in [2.24, 2.45) is 0 Å². The number of nitrogens with zero attached hydrogens (tertiary/aromatic N) is 1. The van der Waals surface area contributed by atoms with Gasteiger partial charge < -0.3 is 10.0 Å². The number of fused-ring (bicyclic) bond motifs is 2. The monoisotopic (exact) mass is 295 g/mol. The molecule has 2 aliphatic rings. The second kappa shape index (κ2) is 5.33. The largest absolute Gasteiger partial charge is 0.389 e. The van der Waals surface area contributed by atoms with E-state index in [4.69, 9.17) is 0 Å². The summed E-state index contributed by atoms with van der Waals surface area (Å²) >= 11 is 0. The summed E-state index contributed by atoms with van der Waals surface area (Å²) in [5.74, 6) is -1.59. The van der Waals surface area contributed by atoms with Crippen molar-refractivity contribution in [2.75, 3.05) is 7.05 Å². The number of aryl methyl sites for hydroxylation is 1. The Hall–Kier alpha value is -1.00. The van der Waals surface area contributed by atoms with E-state index in [2.05, 4.69) is 11.9 Å². The van der Waals surface area contributed by atoms with Crippen LogP contribution in [0.1, 0.15) is 43.2 Å². The predicted molar refractivity (Wildman–Crippen MR) is 78.2 cm³/mol. The molecule has 0 spiro atoms. The molecule has 116 valence electrons. The van der Waals surface area contributed by atoms with Gasteiger partial charge in [0.15, 0.2) is 11.6 Å². The molecule has 4 heteroatoms. The van der Waals surface area contributed by atoms with Crippen molar-refractivity contribution in [3.05, 3.63) is 34.9 Å². The van der Waals surface area contributed by atoms with Crippen LogP contribution < -0.4 is 0 Å². The molecule has 1 aromatic carbocycles. The van der Waals surface area contributed by atoms with Crippen LogP contribution in [0, 0.1) is 18.6 Å². The topological polar surface area (TPSA) is 23.5 Å². The van der Waals surface area contributed by atoms with Crippen LogP contribution in [0.2, 0.25) is 0 Å². The van der Waals surface area contributed by atoms with Crippen LogP contribution in [0.5, 0.6) is 0 Å². The summed E-state index contributed by atoms with van der Waals surface area (Å²) in [5, 5.41) is 10.9. The van der Waals surface area contributed by atoms with Crippen LogP contribution >= 0.6 is 0 Å². The summed E-state index contributed by atoms with van der Waals surface area (Å²) in [7, 11) is 2.11. The molecule has 0 amide bonds. The van der Waals surface area contributed by atoms with E-state index in [-0.39, 0.29) is 6.42 Å². The fourth-order valence-corrected chi connectivity index (χ4v) is 4.07. The van der Waals surface area contributed by atoms with E-state index >= 15 is 0 Å². The van der Waals surface area contributed by atoms with Crippen LogP contribution in [0.25, 0.3) is 0 Å². The lowest BCUT2D eigenvalue weighted by Crippen LogP contribution is -2.57. The summed E-state index contributed by atoms with van der Waals surface area (Å²) in [4.78, 5) is 2.35. The molecule has 2 saturated heterocycles. The van der Waals surface area contributed by atoms with E-state index in [1.165, 1.54) is 6.42 Å². The van der Waals surface area contributed by atoms with Gasteiger partial charge in [0, 0.05) is 18.5 Å². The molecule has 0 aromatic heterocycles. The zero-order chi connectivity index (χ0) is 15.2. The fourth-order valence-electron chi connectivity index (χ4n) is 4.07. The third-order valence-electron chi connectivity index (χ3n) is 5.33. The number of halogens is 2. The number of aliphatic hydroxyl groups is 1. The van der Waals surface area contributed by atoms with Gasteiger partial charge in [0.25, 0.3) is 0 Å². The number of benzene rings is 1. The Morgan fingerprint density at radius 1 is 1.19 bits per heavy atom. The lowest BCUT2D eigenvalue weighted by Gasteiger charge is -2.50. The maximum Gasteiger partial charge on any atom is 0.162 e. The molecule has 0 aliphatic carbocycles. The summed E-state index contributed by atoms with van der Waals surface area (Å²) in [6, 6.07) is 3.92. The third kappa shape index (κ3) is 2.71. The van der Waals surface area contributed by atoms with Gasteiger partial charge in [-0.1, -0.05) is 18.6 Å². The standard InChI is InChI=1S/C17H23F2NO/c1-11-6-7-12(16(19)15(11)18)8-17(21)9-13-4-3-5-14(10-17)20(13)2/h6-7,13-14,21H,3-5,8-10H2,1-2H3. The number of hydrogen-bond donors (Lipinski definition) is 1. The minimum Gasteiger partial charge on any atom is -0.389 e. The van der Waals surface area contributed by atoms with Gasteiger partial charge in [-0.25, -0.2) is 8.78 Å². The van der Waals surface area contributed by atoms with Crippen molar-refractivity contribution in [1.82, 2.24) is 4.90 Å². The first-order valence-electron chi connectivity index (χ1n) is 7.77. The lowest BCUT2D eigenvalue weighted by molar-refractivity contribution is -0.0824. The molecule has 2 fully saturated rings. The minimum atomic E-state index is -0.912. The maximum atomic E-state index is 14.1. The first kappa shape index (κ1) is 14.9. The molecule has 2 nitrogen and oxygen atoms in total. The van der Waals surface area contributed by atoms with Crippen LogP contribution in [0.3, 0.4) is 0 Å². The summed E-state index contributed by atoms with van der Waals surface area (Å²) in [6.45, 7) is 1.55. The summed E-state index contributed by atoms with van der Waals surface area (Å²) in [6.07, 6.45) is 4.87. The molecule has 21 heavy (non-hydrogen) atoms. The highest BCUT2D eigenvalue weighted by atomic mass is 19.2. The van der Waals surface area contributed by atoms with Gasteiger partial charge >= 0.3 is 0 Å². The summed E-state index contributed by atoms with van der Waals surface area (Å²) < 4.78 is 27.8. The molecule has 2 atom stereocenters. The fraction of sp³-hybridized carbons (Fsp3) is 0.647. The number of piperidine rings is 2. The quantitative estimate of drug-likeness (QED) is 0.906. The highest BCUT2D eigenvalue weighted by Crippen LogP contribution is 2.40. The third-order valence-corrected chi connectivity index (χ3v) is 5.33. The Morgan fingerprint density at radius 3 is 2.43 bits per heavy atom. The Bertz CT molecular complexity index is 532. The molecule has 0 saturated carbocycles. The maximum absolute atomic E-state index is 14.1. The van der Waals surface area contributed by atoms with Crippen molar-refractivity contribution >= 4 is 0 Å². The van der Waals surface area contributed by atoms with Gasteiger partial charge in [-0.3, -0.25) is 0 Å². The van der Waals surface area contributed by atoms with Crippen LogP contribution in [-0.4, -0.2) is 34.7 Å². The van der Waals surface area contributed by atoms with Crippen LogP contribution in [0.15, 0.2) is 12.1 Å². The van der Waals surface area contributed by atoms with E-state index in [1.54, 1.807) is 19.1 Å². The Balaban J connectivity index is 1.83. The van der Waals surface area contributed by atoms with Crippen molar-refractivity contribution in [1.29, 1.82) is 0 Å². The van der Waals surface area contributed by atoms with Crippen molar-refractivity contribution < 1.29 is 13.9 Å². The number of rotatable bonds is 2. The lowest BCUT2D eigenvalue weighted by atomic mass is 9.73. The van der Waals surface area contributed by atoms with Gasteiger partial charge in [0.1, 0.15) is 0 Å². The van der Waals surface area contributed by atoms with Crippen molar-refractivity contribution in [2.45, 2.75) is 63.1 Å². The first-order valence-corrected chi connectivity index (χ1v) is 7.77. The van der Waals surface area contributed by atoms with Gasteiger partial charge in [-0.2, -0.15) is 0 Å². The zero-order valence-electron chi connectivity index (χ0n) is 12.7. The van der Waals surface area contributed by atoms with Crippen molar-refractivity contribution in [3.63, 3.8) is 0 Å². The molecule has 1 N–H and O–H groups in total. The van der Waals surface area contributed by atoms with Gasteiger partial charge in [-0.05, 0) is 50.8 Å². The minimum absolute atomic E-state index is 0.205. The van der Waals surface area contributed by atoms with Crippen LogP contribution in [-0.2, 0) is 6.42 Å². The average molecular weight is 295 g/mol. The summed E-state index contributed by atoms with van der Waals surface area (Å²) in [5.41, 5.74) is -0.308. The molecule has 2 unspecified atom stereocenters. The highest BCUT2D eigenvalue weighted by molar-refractivity contribution is 5.27. The molecule has 2 aliphatic heterocycles. The molecule has 0 radical (unpaired) electrons. The molecular formula is C17H23F2NO. The zero-order valence-corrected chi connectivity index (χ0v) is 12.7. The normalized spacial score (nSPS) is 33.2. The second-order valence-electron chi connectivity index (χ2n) is 6.88.